The molecule has 3 N–H and O–H groups in total. The molecule has 1 aromatic rings. The van der Waals surface area contributed by atoms with Crippen LogP contribution in [-0.4, -0.2) is 41.0 Å². The Hall–Kier alpha value is -1.72. The second kappa shape index (κ2) is 7.58. The number of carbonyl (C=O) groups excluding carboxylic acids is 1. The van der Waals surface area contributed by atoms with Gasteiger partial charge < -0.3 is 15.7 Å². The van der Waals surface area contributed by atoms with Crippen LogP contribution in [0.15, 0.2) is 36.7 Å². The SMILES string of the molecule is CN.O=C(CC(O)c1ccncc1)N1CC=CC1. The molecule has 5 nitrogen and oxygen atoms in total. The third kappa shape index (κ3) is 3.94. The monoisotopic (exact) mass is 249 g/mol. The summed E-state index contributed by atoms with van der Waals surface area (Å²) < 4.78 is 0. The number of nitrogens with zero attached hydrogens (tertiary/aromatic N) is 2. The number of nitrogens with two attached hydrogens (primary N) is 1. The van der Waals surface area contributed by atoms with E-state index >= 15 is 0 Å². The molecule has 98 valence electrons. The first-order valence-corrected chi connectivity index (χ1v) is 5.86. The molecule has 0 radical (unpaired) electrons. The van der Waals surface area contributed by atoms with Gasteiger partial charge >= 0.3 is 0 Å². The summed E-state index contributed by atoms with van der Waals surface area (Å²) in [4.78, 5) is 17.3. The summed E-state index contributed by atoms with van der Waals surface area (Å²) >= 11 is 0. The van der Waals surface area contributed by atoms with Gasteiger partial charge in [0.2, 0.25) is 5.91 Å². The molecule has 1 amide bonds. The molecule has 0 bridgehead atoms. The molecule has 0 saturated heterocycles. The molecule has 1 aliphatic heterocycles. The lowest BCUT2D eigenvalue weighted by Crippen LogP contribution is -2.29. The van der Waals surface area contributed by atoms with Crippen molar-refractivity contribution in [3.63, 3.8) is 0 Å². The van der Waals surface area contributed by atoms with Crippen molar-refractivity contribution in [2.45, 2.75) is 12.5 Å². The van der Waals surface area contributed by atoms with E-state index in [9.17, 15) is 9.90 Å². The molecule has 0 spiro atoms. The van der Waals surface area contributed by atoms with Gasteiger partial charge in [-0.25, -0.2) is 0 Å². The van der Waals surface area contributed by atoms with Crippen LogP contribution in [0.4, 0.5) is 0 Å². The second-order valence-corrected chi connectivity index (χ2v) is 3.77. The largest absolute Gasteiger partial charge is 0.388 e. The second-order valence-electron chi connectivity index (χ2n) is 3.77. The first-order valence-electron chi connectivity index (χ1n) is 5.86. The van der Waals surface area contributed by atoms with Gasteiger partial charge in [0.05, 0.1) is 12.5 Å². The van der Waals surface area contributed by atoms with Crippen molar-refractivity contribution in [3.05, 3.63) is 42.2 Å². The number of hydrogen-bond acceptors (Lipinski definition) is 4. The van der Waals surface area contributed by atoms with E-state index in [0.29, 0.717) is 13.1 Å². The minimum atomic E-state index is -0.740. The molecule has 0 aromatic carbocycles. The highest BCUT2D eigenvalue weighted by atomic mass is 16.3. The third-order valence-electron chi connectivity index (χ3n) is 2.63. The third-order valence-corrected chi connectivity index (χ3v) is 2.63. The maximum Gasteiger partial charge on any atom is 0.226 e. The quantitative estimate of drug-likeness (QED) is 0.764. The first kappa shape index (κ1) is 14.3. The molecule has 0 fully saturated rings. The van der Waals surface area contributed by atoms with Crippen molar-refractivity contribution in [1.29, 1.82) is 0 Å². The molecule has 2 heterocycles. The van der Waals surface area contributed by atoms with Crippen molar-refractivity contribution >= 4 is 5.91 Å². The average Bonchev–Trinajstić information content (AvgIpc) is 2.96. The molecular weight excluding hydrogens is 230 g/mol. The van der Waals surface area contributed by atoms with Gasteiger partial charge in [0.25, 0.3) is 0 Å². The Morgan fingerprint density at radius 1 is 1.39 bits per heavy atom. The van der Waals surface area contributed by atoms with E-state index in [1.54, 1.807) is 29.4 Å². The number of rotatable bonds is 3. The lowest BCUT2D eigenvalue weighted by atomic mass is 10.1. The molecule has 1 atom stereocenters. The minimum Gasteiger partial charge on any atom is -0.388 e. The average molecular weight is 249 g/mol. The highest BCUT2D eigenvalue weighted by Crippen LogP contribution is 2.17. The number of pyridine rings is 1. The Morgan fingerprint density at radius 2 is 1.94 bits per heavy atom. The number of aliphatic hydroxyl groups is 1. The van der Waals surface area contributed by atoms with E-state index in [4.69, 9.17) is 0 Å². The van der Waals surface area contributed by atoms with E-state index < -0.39 is 6.10 Å². The lowest BCUT2D eigenvalue weighted by Gasteiger charge is -2.17. The van der Waals surface area contributed by atoms with Crippen molar-refractivity contribution in [3.8, 4) is 0 Å². The van der Waals surface area contributed by atoms with Crippen LogP contribution in [0.1, 0.15) is 18.1 Å². The van der Waals surface area contributed by atoms with Gasteiger partial charge in [-0.2, -0.15) is 0 Å². The Balaban J connectivity index is 0.000000771. The predicted octanol–water partition coefficient (Wildman–Crippen LogP) is 0.478. The predicted molar refractivity (Wildman–Crippen MR) is 69.6 cm³/mol. The zero-order chi connectivity index (χ0) is 13.4. The Morgan fingerprint density at radius 3 is 2.50 bits per heavy atom. The molecule has 1 unspecified atom stereocenters. The number of amides is 1. The van der Waals surface area contributed by atoms with Gasteiger partial charge in [-0.3, -0.25) is 9.78 Å². The Bertz CT molecular complexity index is 384. The molecule has 1 aliphatic rings. The molecule has 18 heavy (non-hydrogen) atoms. The fourth-order valence-electron chi connectivity index (χ4n) is 1.68. The fourth-order valence-corrected chi connectivity index (χ4v) is 1.68. The maximum atomic E-state index is 11.7. The molecule has 2 rings (SSSR count). The summed E-state index contributed by atoms with van der Waals surface area (Å²) in [5.41, 5.74) is 5.23. The first-order chi connectivity index (χ1) is 8.77. The van der Waals surface area contributed by atoms with Crippen LogP contribution < -0.4 is 5.73 Å². The van der Waals surface area contributed by atoms with Crippen LogP contribution in [-0.2, 0) is 4.79 Å². The summed E-state index contributed by atoms with van der Waals surface area (Å²) in [5, 5.41) is 9.86. The highest BCUT2D eigenvalue weighted by molar-refractivity contribution is 5.77. The van der Waals surface area contributed by atoms with E-state index in [1.807, 2.05) is 12.2 Å². The summed E-state index contributed by atoms with van der Waals surface area (Å²) in [6.07, 6.45) is 6.52. The normalized spacial score (nSPS) is 14.9. The topological polar surface area (TPSA) is 79.5 Å². The maximum absolute atomic E-state index is 11.7. The fraction of sp³-hybridized carbons (Fsp3) is 0.385. The number of aromatic nitrogens is 1. The van der Waals surface area contributed by atoms with Crippen molar-refractivity contribution < 1.29 is 9.90 Å². The highest BCUT2D eigenvalue weighted by Gasteiger charge is 2.18. The molecule has 1 aromatic heterocycles. The number of carbonyl (C=O) groups is 1. The van der Waals surface area contributed by atoms with Crippen LogP contribution >= 0.6 is 0 Å². The van der Waals surface area contributed by atoms with Gasteiger partial charge in [0, 0.05) is 25.5 Å². The number of aliphatic hydroxyl groups excluding tert-OH is 1. The van der Waals surface area contributed by atoms with Gasteiger partial charge in [-0.05, 0) is 24.7 Å². The molecular formula is C13H19N3O2. The van der Waals surface area contributed by atoms with Crippen LogP contribution in [0.3, 0.4) is 0 Å². The van der Waals surface area contributed by atoms with Crippen LogP contribution in [0.5, 0.6) is 0 Å². The lowest BCUT2D eigenvalue weighted by molar-refractivity contribution is -0.132. The van der Waals surface area contributed by atoms with E-state index in [1.165, 1.54) is 7.05 Å². The molecule has 0 aliphatic carbocycles. The van der Waals surface area contributed by atoms with E-state index in [-0.39, 0.29) is 12.3 Å². The zero-order valence-electron chi connectivity index (χ0n) is 10.5. The summed E-state index contributed by atoms with van der Waals surface area (Å²) in [6, 6.07) is 3.44. The van der Waals surface area contributed by atoms with Crippen molar-refractivity contribution in [2.24, 2.45) is 5.73 Å². The Kier molecular flexibility index (Phi) is 6.04. The Labute approximate surface area is 107 Å². The van der Waals surface area contributed by atoms with Crippen molar-refractivity contribution in [2.75, 3.05) is 20.1 Å². The van der Waals surface area contributed by atoms with Gasteiger partial charge in [-0.1, -0.05) is 12.2 Å². The molecule has 0 saturated carbocycles. The van der Waals surface area contributed by atoms with Gasteiger partial charge in [-0.15, -0.1) is 0 Å². The van der Waals surface area contributed by atoms with Gasteiger partial charge in [0.15, 0.2) is 0 Å². The summed E-state index contributed by atoms with van der Waals surface area (Å²) in [7, 11) is 1.50. The summed E-state index contributed by atoms with van der Waals surface area (Å²) in [6.45, 7) is 1.31. The minimum absolute atomic E-state index is 0.0192. The summed E-state index contributed by atoms with van der Waals surface area (Å²) in [5.74, 6) is -0.0192. The number of hydrogen-bond donors (Lipinski definition) is 2. The van der Waals surface area contributed by atoms with Crippen molar-refractivity contribution in [1.82, 2.24) is 9.88 Å². The smallest absolute Gasteiger partial charge is 0.226 e. The van der Waals surface area contributed by atoms with E-state index in [2.05, 4.69) is 10.7 Å². The zero-order valence-corrected chi connectivity index (χ0v) is 10.5. The van der Waals surface area contributed by atoms with Crippen LogP contribution in [0, 0.1) is 0 Å². The van der Waals surface area contributed by atoms with Gasteiger partial charge in [0.1, 0.15) is 0 Å². The van der Waals surface area contributed by atoms with Crippen LogP contribution in [0.25, 0.3) is 0 Å². The van der Waals surface area contributed by atoms with E-state index in [0.717, 1.165) is 5.56 Å². The van der Waals surface area contributed by atoms with Crippen LogP contribution in [0.2, 0.25) is 0 Å². The standard InChI is InChI=1S/C12H14N2O2.CH5N/c15-11(10-3-5-13-6-4-10)9-12(16)14-7-1-2-8-14;1-2/h1-6,11,15H,7-9H2;2H2,1H3. The molecule has 5 heteroatoms.